The highest BCUT2D eigenvalue weighted by Gasteiger charge is 2.15. The fraction of sp³-hybridized carbons (Fsp3) is 0.235. The Labute approximate surface area is 130 Å². The largest absolute Gasteiger partial charge is 0.399 e. The molecule has 2 rings (SSSR count). The predicted molar refractivity (Wildman–Crippen MR) is 87.5 cm³/mol. The molecule has 2 N–H and O–H groups in total. The molecule has 110 valence electrons. The molecule has 2 aromatic rings. The van der Waals surface area contributed by atoms with Gasteiger partial charge in [-0.2, -0.15) is 0 Å². The van der Waals surface area contributed by atoms with Crippen molar-refractivity contribution in [3.8, 4) is 0 Å². The molecule has 0 aliphatic rings. The smallest absolute Gasteiger partial charge is 0.254 e. The van der Waals surface area contributed by atoms with Crippen LogP contribution in [0.15, 0.2) is 42.5 Å². The maximum Gasteiger partial charge on any atom is 0.254 e. The van der Waals surface area contributed by atoms with Crippen molar-refractivity contribution in [3.63, 3.8) is 0 Å². The second-order valence-corrected chi connectivity index (χ2v) is 5.51. The number of nitrogen functional groups attached to an aromatic ring is 1. The lowest BCUT2D eigenvalue weighted by Crippen LogP contribution is -2.30. The van der Waals surface area contributed by atoms with Crippen LogP contribution in [-0.4, -0.2) is 17.4 Å². The van der Waals surface area contributed by atoms with Crippen LogP contribution >= 0.6 is 11.6 Å². The fourth-order valence-corrected chi connectivity index (χ4v) is 2.50. The summed E-state index contributed by atoms with van der Waals surface area (Å²) in [7, 11) is 0. The van der Waals surface area contributed by atoms with Gasteiger partial charge in [0.15, 0.2) is 0 Å². The number of carbonyl (C=O) groups is 1. The number of halogens is 1. The molecular formula is C17H19ClN2O. The molecule has 0 radical (unpaired) electrons. The zero-order valence-electron chi connectivity index (χ0n) is 12.3. The first-order valence-electron chi connectivity index (χ1n) is 6.90. The number of anilines is 1. The van der Waals surface area contributed by atoms with Crippen molar-refractivity contribution >= 4 is 23.2 Å². The van der Waals surface area contributed by atoms with Gasteiger partial charge in [-0.1, -0.05) is 23.7 Å². The molecule has 1 amide bonds. The van der Waals surface area contributed by atoms with Gasteiger partial charge in [0, 0.05) is 29.4 Å². The summed E-state index contributed by atoms with van der Waals surface area (Å²) in [6.07, 6.45) is 0. The van der Waals surface area contributed by atoms with Crippen LogP contribution < -0.4 is 5.73 Å². The third-order valence-electron chi connectivity index (χ3n) is 3.31. The fourth-order valence-electron chi connectivity index (χ4n) is 2.21. The molecule has 3 nitrogen and oxygen atoms in total. The molecule has 0 saturated heterocycles. The summed E-state index contributed by atoms with van der Waals surface area (Å²) in [4.78, 5) is 14.4. The Morgan fingerprint density at radius 2 is 1.86 bits per heavy atom. The lowest BCUT2D eigenvalue weighted by Gasteiger charge is -2.21. The molecule has 0 bridgehead atoms. The molecule has 0 fully saturated rings. The van der Waals surface area contributed by atoms with Gasteiger partial charge in [-0.3, -0.25) is 4.79 Å². The summed E-state index contributed by atoms with van der Waals surface area (Å²) in [6, 6.07) is 13.0. The van der Waals surface area contributed by atoms with E-state index >= 15 is 0 Å². The first-order chi connectivity index (χ1) is 9.99. The zero-order valence-corrected chi connectivity index (χ0v) is 13.0. The van der Waals surface area contributed by atoms with E-state index in [0.717, 1.165) is 16.8 Å². The van der Waals surface area contributed by atoms with E-state index in [1.807, 2.05) is 50.2 Å². The predicted octanol–water partition coefficient (Wildman–Crippen LogP) is 3.89. The minimum atomic E-state index is -0.0140. The average Bonchev–Trinajstić information content (AvgIpc) is 2.45. The maximum absolute atomic E-state index is 12.6. The molecule has 4 heteroatoms. The van der Waals surface area contributed by atoms with E-state index in [1.165, 1.54) is 0 Å². The Kier molecular flexibility index (Phi) is 4.86. The summed E-state index contributed by atoms with van der Waals surface area (Å²) in [5.41, 5.74) is 9.06. The second kappa shape index (κ2) is 6.64. The van der Waals surface area contributed by atoms with E-state index in [0.29, 0.717) is 23.7 Å². The molecule has 0 heterocycles. The number of carbonyl (C=O) groups excluding carboxylic acids is 1. The van der Waals surface area contributed by atoms with Crippen molar-refractivity contribution < 1.29 is 4.79 Å². The van der Waals surface area contributed by atoms with Gasteiger partial charge in [0.25, 0.3) is 5.91 Å². The maximum atomic E-state index is 12.6. The number of rotatable bonds is 4. The van der Waals surface area contributed by atoms with Gasteiger partial charge in [-0.05, 0) is 55.3 Å². The summed E-state index contributed by atoms with van der Waals surface area (Å²) in [5, 5.41) is 0.585. The molecule has 0 spiro atoms. The molecule has 0 unspecified atom stereocenters. The number of nitrogens with two attached hydrogens (primary N) is 1. The molecule has 2 aromatic carbocycles. The van der Waals surface area contributed by atoms with Gasteiger partial charge >= 0.3 is 0 Å². The molecule has 0 aliphatic heterocycles. The van der Waals surface area contributed by atoms with Gasteiger partial charge < -0.3 is 10.6 Å². The van der Waals surface area contributed by atoms with Crippen molar-refractivity contribution in [1.29, 1.82) is 0 Å². The highest BCUT2D eigenvalue weighted by molar-refractivity contribution is 6.31. The number of nitrogens with zero attached hydrogens (tertiary/aromatic N) is 1. The van der Waals surface area contributed by atoms with Crippen molar-refractivity contribution in [2.24, 2.45) is 0 Å². The van der Waals surface area contributed by atoms with Crippen molar-refractivity contribution in [1.82, 2.24) is 4.90 Å². The van der Waals surface area contributed by atoms with E-state index in [2.05, 4.69) is 0 Å². The Balaban J connectivity index is 2.20. The van der Waals surface area contributed by atoms with Crippen LogP contribution in [-0.2, 0) is 6.54 Å². The third-order valence-corrected chi connectivity index (χ3v) is 3.53. The first kappa shape index (κ1) is 15.4. The topological polar surface area (TPSA) is 46.3 Å². The summed E-state index contributed by atoms with van der Waals surface area (Å²) >= 11 is 6.04. The van der Waals surface area contributed by atoms with Crippen molar-refractivity contribution in [2.75, 3.05) is 12.3 Å². The first-order valence-corrected chi connectivity index (χ1v) is 7.28. The summed E-state index contributed by atoms with van der Waals surface area (Å²) in [6.45, 7) is 5.08. The summed E-state index contributed by atoms with van der Waals surface area (Å²) in [5.74, 6) is -0.0140. The van der Waals surface area contributed by atoms with E-state index in [-0.39, 0.29) is 5.91 Å². The van der Waals surface area contributed by atoms with Crippen LogP contribution in [0.3, 0.4) is 0 Å². The Hall–Kier alpha value is -2.00. The van der Waals surface area contributed by atoms with E-state index in [4.69, 9.17) is 17.3 Å². The summed E-state index contributed by atoms with van der Waals surface area (Å²) < 4.78 is 0. The Morgan fingerprint density at radius 1 is 1.19 bits per heavy atom. The lowest BCUT2D eigenvalue weighted by molar-refractivity contribution is 0.0752. The van der Waals surface area contributed by atoms with Gasteiger partial charge in [0.2, 0.25) is 0 Å². The van der Waals surface area contributed by atoms with E-state index in [1.54, 1.807) is 11.0 Å². The van der Waals surface area contributed by atoms with Gasteiger partial charge in [0.05, 0.1) is 0 Å². The zero-order chi connectivity index (χ0) is 15.4. The number of hydrogen-bond acceptors (Lipinski definition) is 2. The Morgan fingerprint density at radius 3 is 2.43 bits per heavy atom. The number of benzene rings is 2. The molecule has 0 saturated carbocycles. The number of aryl methyl sites for hydroxylation is 1. The minimum Gasteiger partial charge on any atom is -0.399 e. The van der Waals surface area contributed by atoms with Gasteiger partial charge in [0.1, 0.15) is 0 Å². The molecule has 0 aromatic heterocycles. The third kappa shape index (κ3) is 3.99. The van der Waals surface area contributed by atoms with Crippen LogP contribution in [0.5, 0.6) is 0 Å². The molecule has 21 heavy (non-hydrogen) atoms. The van der Waals surface area contributed by atoms with Crippen molar-refractivity contribution in [3.05, 3.63) is 64.2 Å². The minimum absolute atomic E-state index is 0.0140. The average molecular weight is 303 g/mol. The molecule has 0 aliphatic carbocycles. The van der Waals surface area contributed by atoms with Gasteiger partial charge in [-0.25, -0.2) is 0 Å². The number of hydrogen-bond donors (Lipinski definition) is 1. The normalized spacial score (nSPS) is 10.4. The van der Waals surface area contributed by atoms with Crippen molar-refractivity contribution in [2.45, 2.75) is 20.4 Å². The van der Waals surface area contributed by atoms with Gasteiger partial charge in [-0.15, -0.1) is 0 Å². The van der Waals surface area contributed by atoms with Crippen LogP contribution in [0.2, 0.25) is 5.02 Å². The Bertz CT molecular complexity index is 617. The highest BCUT2D eigenvalue weighted by Crippen LogP contribution is 2.17. The number of amides is 1. The highest BCUT2D eigenvalue weighted by atomic mass is 35.5. The van der Waals surface area contributed by atoms with E-state index < -0.39 is 0 Å². The van der Waals surface area contributed by atoms with Crippen LogP contribution in [0, 0.1) is 6.92 Å². The quantitative estimate of drug-likeness (QED) is 0.871. The standard InChI is InChI=1S/C17H19ClN2O/c1-3-20(11-13-4-6-16(19)7-5-13)17(21)14-8-12(2)9-15(18)10-14/h4-10H,3,11,19H2,1-2H3. The SMILES string of the molecule is CCN(Cc1ccc(N)cc1)C(=O)c1cc(C)cc(Cl)c1. The van der Waals surface area contributed by atoms with Crippen LogP contribution in [0.25, 0.3) is 0 Å². The monoisotopic (exact) mass is 302 g/mol. The van der Waals surface area contributed by atoms with Crippen LogP contribution in [0.4, 0.5) is 5.69 Å². The molecule has 0 atom stereocenters. The second-order valence-electron chi connectivity index (χ2n) is 5.08. The molecular weight excluding hydrogens is 284 g/mol. The lowest BCUT2D eigenvalue weighted by atomic mass is 10.1. The van der Waals surface area contributed by atoms with Crippen LogP contribution in [0.1, 0.15) is 28.4 Å². The van der Waals surface area contributed by atoms with E-state index in [9.17, 15) is 4.79 Å².